The largest absolute Gasteiger partial charge is 0.440 e. The summed E-state index contributed by atoms with van der Waals surface area (Å²) in [7, 11) is 1.33. The van der Waals surface area contributed by atoms with Gasteiger partial charge < -0.3 is 9.64 Å². The molecule has 0 N–H and O–H groups in total. The molecule has 0 saturated heterocycles. The van der Waals surface area contributed by atoms with E-state index < -0.39 is 24.9 Å². The van der Waals surface area contributed by atoms with Gasteiger partial charge in [0.25, 0.3) is 0 Å². The number of carbonyl (C=O) groups is 1. The van der Waals surface area contributed by atoms with Gasteiger partial charge in [-0.25, -0.2) is 4.79 Å². The first-order valence-electron chi connectivity index (χ1n) is 5.53. The van der Waals surface area contributed by atoms with Crippen LogP contribution >= 0.6 is 23.2 Å². The molecule has 0 heterocycles. The Morgan fingerprint density at radius 3 is 2.50 bits per heavy atom. The number of benzene rings is 1. The second kappa shape index (κ2) is 6.54. The molecule has 0 aliphatic carbocycles. The summed E-state index contributed by atoms with van der Waals surface area (Å²) in [5.41, 5.74) is 0.558. The highest BCUT2D eigenvalue weighted by Gasteiger charge is 2.31. The maximum absolute atomic E-state index is 12.0. The Labute approximate surface area is 124 Å². The van der Waals surface area contributed by atoms with E-state index in [-0.39, 0.29) is 0 Å². The van der Waals surface area contributed by atoms with Gasteiger partial charge in [0.1, 0.15) is 0 Å². The first kappa shape index (κ1) is 16.9. The zero-order chi connectivity index (χ0) is 15.5. The van der Waals surface area contributed by atoms with Crippen molar-refractivity contribution >= 4 is 29.3 Å². The highest BCUT2D eigenvalue weighted by atomic mass is 35.5. The number of halogens is 5. The minimum Gasteiger partial charge on any atom is -0.440 e. The van der Waals surface area contributed by atoms with Crippen LogP contribution in [0.15, 0.2) is 18.2 Å². The third-order valence-electron chi connectivity index (χ3n) is 2.64. The first-order chi connectivity index (χ1) is 9.11. The molecular weight excluding hydrogens is 318 g/mol. The number of rotatable bonds is 3. The van der Waals surface area contributed by atoms with Crippen LogP contribution in [0.5, 0.6) is 0 Å². The molecule has 1 atom stereocenters. The molecule has 1 rings (SSSR count). The van der Waals surface area contributed by atoms with Gasteiger partial charge in [0.15, 0.2) is 6.61 Å². The quantitative estimate of drug-likeness (QED) is 0.805. The summed E-state index contributed by atoms with van der Waals surface area (Å²) < 4.78 is 40.1. The molecule has 0 fully saturated rings. The fourth-order valence-electron chi connectivity index (χ4n) is 1.45. The molecule has 8 heteroatoms. The van der Waals surface area contributed by atoms with Crippen molar-refractivity contribution in [3.8, 4) is 0 Å². The molecule has 0 aliphatic rings. The van der Waals surface area contributed by atoms with Crippen LogP contribution in [0.1, 0.15) is 18.5 Å². The zero-order valence-electron chi connectivity index (χ0n) is 10.7. The molecule has 3 nitrogen and oxygen atoms in total. The van der Waals surface area contributed by atoms with Crippen molar-refractivity contribution in [2.75, 3.05) is 13.7 Å². The molecule has 1 amide bonds. The molecule has 0 saturated carbocycles. The van der Waals surface area contributed by atoms with Crippen molar-refractivity contribution in [3.05, 3.63) is 33.8 Å². The van der Waals surface area contributed by atoms with Gasteiger partial charge in [-0.3, -0.25) is 0 Å². The van der Waals surface area contributed by atoms with Gasteiger partial charge in [-0.15, -0.1) is 0 Å². The highest BCUT2D eigenvalue weighted by Crippen LogP contribution is 2.29. The van der Waals surface area contributed by atoms with Gasteiger partial charge in [-0.05, 0) is 24.6 Å². The van der Waals surface area contributed by atoms with E-state index in [0.29, 0.717) is 15.6 Å². The summed E-state index contributed by atoms with van der Waals surface area (Å²) in [6.45, 7) is -0.0127. The van der Waals surface area contributed by atoms with Crippen molar-refractivity contribution in [1.29, 1.82) is 0 Å². The molecule has 0 radical (unpaired) electrons. The average Bonchev–Trinajstić information content (AvgIpc) is 2.33. The van der Waals surface area contributed by atoms with Crippen LogP contribution in [0.4, 0.5) is 18.0 Å². The number of carbonyl (C=O) groups excluding carboxylic acids is 1. The Bertz CT molecular complexity index is 494. The lowest BCUT2D eigenvalue weighted by atomic mass is 10.1. The third-order valence-corrected chi connectivity index (χ3v) is 3.20. The van der Waals surface area contributed by atoms with Crippen molar-refractivity contribution < 1.29 is 22.7 Å². The lowest BCUT2D eigenvalue weighted by Crippen LogP contribution is -2.33. The van der Waals surface area contributed by atoms with Crippen molar-refractivity contribution in [2.45, 2.75) is 19.1 Å². The Balaban J connectivity index is 2.75. The lowest BCUT2D eigenvalue weighted by Gasteiger charge is -2.25. The number of amides is 1. The van der Waals surface area contributed by atoms with Crippen molar-refractivity contribution in [3.63, 3.8) is 0 Å². The summed E-state index contributed by atoms with van der Waals surface area (Å²) in [5.74, 6) is 0. The van der Waals surface area contributed by atoms with Gasteiger partial charge in [0.2, 0.25) is 0 Å². The molecule has 1 aromatic rings. The van der Waals surface area contributed by atoms with E-state index >= 15 is 0 Å². The molecule has 112 valence electrons. The third kappa shape index (κ3) is 4.76. The van der Waals surface area contributed by atoms with Crippen molar-refractivity contribution in [1.82, 2.24) is 4.90 Å². The van der Waals surface area contributed by atoms with E-state index in [1.807, 2.05) is 0 Å². The molecule has 1 unspecified atom stereocenters. The van der Waals surface area contributed by atoms with E-state index in [2.05, 4.69) is 4.74 Å². The van der Waals surface area contributed by atoms with Gasteiger partial charge in [-0.1, -0.05) is 29.3 Å². The smallest absolute Gasteiger partial charge is 0.422 e. The normalized spacial score (nSPS) is 12.9. The maximum atomic E-state index is 12.0. The Morgan fingerprint density at radius 2 is 2.00 bits per heavy atom. The minimum absolute atomic E-state index is 0.320. The van der Waals surface area contributed by atoms with Crippen molar-refractivity contribution in [2.24, 2.45) is 0 Å². The van der Waals surface area contributed by atoms with E-state index in [1.165, 1.54) is 13.1 Å². The van der Waals surface area contributed by atoms with Crippen LogP contribution in [0, 0.1) is 0 Å². The van der Waals surface area contributed by atoms with Gasteiger partial charge in [-0.2, -0.15) is 13.2 Å². The summed E-state index contributed by atoms with van der Waals surface area (Å²) in [4.78, 5) is 12.5. The summed E-state index contributed by atoms with van der Waals surface area (Å²) in [5, 5.41) is 0.744. The van der Waals surface area contributed by atoms with Crippen LogP contribution in [0.3, 0.4) is 0 Å². The van der Waals surface area contributed by atoms with E-state index in [4.69, 9.17) is 23.2 Å². The molecule has 20 heavy (non-hydrogen) atoms. The number of hydrogen-bond donors (Lipinski definition) is 0. The minimum atomic E-state index is -4.56. The SMILES string of the molecule is CC(c1ccc(Cl)cc1Cl)N(C)C(=O)OCC(F)(F)F. The van der Waals surface area contributed by atoms with Crippen LogP contribution in [-0.4, -0.2) is 30.8 Å². The van der Waals surface area contributed by atoms with E-state index in [9.17, 15) is 18.0 Å². The first-order valence-corrected chi connectivity index (χ1v) is 6.28. The van der Waals surface area contributed by atoms with Gasteiger partial charge in [0, 0.05) is 17.1 Å². The highest BCUT2D eigenvalue weighted by molar-refractivity contribution is 6.35. The number of nitrogens with zero attached hydrogens (tertiary/aromatic N) is 1. The second-order valence-electron chi connectivity index (χ2n) is 4.12. The Hall–Kier alpha value is -1.14. The molecule has 0 aromatic heterocycles. The fourth-order valence-corrected chi connectivity index (χ4v) is 2.02. The Morgan fingerprint density at radius 1 is 1.40 bits per heavy atom. The van der Waals surface area contributed by atoms with Crippen LogP contribution in [0.25, 0.3) is 0 Å². The van der Waals surface area contributed by atoms with Crippen LogP contribution in [-0.2, 0) is 4.74 Å². The number of ether oxygens (including phenoxy) is 1. The number of alkyl halides is 3. The molecular formula is C12H12Cl2F3NO2. The maximum Gasteiger partial charge on any atom is 0.422 e. The van der Waals surface area contributed by atoms with Crippen LogP contribution in [0.2, 0.25) is 10.0 Å². The molecule has 1 aromatic carbocycles. The predicted molar refractivity (Wildman–Crippen MR) is 70.0 cm³/mol. The number of hydrogen-bond acceptors (Lipinski definition) is 2. The van der Waals surface area contributed by atoms with E-state index in [0.717, 1.165) is 4.90 Å². The summed E-state index contributed by atoms with van der Waals surface area (Å²) in [6, 6.07) is 4.11. The average molecular weight is 330 g/mol. The summed E-state index contributed by atoms with van der Waals surface area (Å²) in [6.07, 6.45) is -5.64. The molecule has 0 bridgehead atoms. The van der Waals surface area contributed by atoms with Gasteiger partial charge in [0.05, 0.1) is 6.04 Å². The lowest BCUT2D eigenvalue weighted by molar-refractivity contribution is -0.162. The molecule has 0 aliphatic heterocycles. The Kier molecular flexibility index (Phi) is 5.53. The summed E-state index contributed by atoms with van der Waals surface area (Å²) >= 11 is 11.7. The topological polar surface area (TPSA) is 29.5 Å². The second-order valence-corrected chi connectivity index (χ2v) is 4.97. The monoisotopic (exact) mass is 329 g/mol. The van der Waals surface area contributed by atoms with Crippen LogP contribution < -0.4 is 0 Å². The fraction of sp³-hybridized carbons (Fsp3) is 0.417. The zero-order valence-corrected chi connectivity index (χ0v) is 12.2. The standard InChI is InChI=1S/C12H12Cl2F3NO2/c1-7(9-4-3-8(13)5-10(9)14)18(2)11(19)20-6-12(15,16)17/h3-5,7H,6H2,1-2H3. The molecule has 0 spiro atoms. The van der Waals surface area contributed by atoms with Gasteiger partial charge >= 0.3 is 12.3 Å². The van der Waals surface area contributed by atoms with E-state index in [1.54, 1.807) is 19.1 Å². The predicted octanol–water partition coefficient (Wildman–Crippen LogP) is 4.69.